The van der Waals surface area contributed by atoms with Crippen molar-refractivity contribution >= 4 is 0 Å². The minimum atomic E-state index is -1.67. The molecule has 0 aromatic heterocycles. The van der Waals surface area contributed by atoms with E-state index in [4.69, 9.17) is 9.47 Å². The quantitative estimate of drug-likeness (QED) is 0.679. The van der Waals surface area contributed by atoms with E-state index in [2.05, 4.69) is 0 Å². The summed E-state index contributed by atoms with van der Waals surface area (Å²) in [6, 6.07) is 7.46. The van der Waals surface area contributed by atoms with Gasteiger partial charge < -0.3 is 24.8 Å². The molecule has 2 heterocycles. The van der Waals surface area contributed by atoms with Crippen molar-refractivity contribution in [3.8, 4) is 0 Å². The van der Waals surface area contributed by atoms with Crippen molar-refractivity contribution in [2.75, 3.05) is 6.61 Å². The number of hydrogen-bond donors (Lipinski definition) is 3. The zero-order chi connectivity index (χ0) is 13.7. The number of aliphatic hydroxyl groups is 3. The number of rotatable bonds is 1. The van der Waals surface area contributed by atoms with E-state index in [9.17, 15) is 15.3 Å². The second-order valence-corrected chi connectivity index (χ2v) is 5.16. The van der Waals surface area contributed by atoms with Gasteiger partial charge in [-0.1, -0.05) is 31.2 Å². The second kappa shape index (κ2) is 4.26. The van der Waals surface area contributed by atoms with E-state index in [0.29, 0.717) is 6.61 Å². The summed E-state index contributed by atoms with van der Waals surface area (Å²) in [5.41, 5.74) is -0.0136. The molecule has 0 radical (unpaired) electrons. The standard InChI is InChI=1S/C14H18O5/c1-2-13(17)12(16)11(15)8-19-14(13)10-6-4-3-5-9(10)7-18-14/h3-6,11-12,15-17H,2,7-8H2,1H3. The third kappa shape index (κ3) is 1.53. The predicted octanol–water partition coefficient (Wildman–Crippen LogP) is 0.263. The molecule has 2 aliphatic rings. The molecule has 4 atom stereocenters. The maximum Gasteiger partial charge on any atom is 0.228 e. The third-order valence-corrected chi connectivity index (χ3v) is 4.22. The lowest BCUT2D eigenvalue weighted by molar-refractivity contribution is -0.386. The van der Waals surface area contributed by atoms with Gasteiger partial charge in [-0.05, 0) is 12.0 Å². The van der Waals surface area contributed by atoms with Crippen LogP contribution in [0.3, 0.4) is 0 Å². The van der Waals surface area contributed by atoms with Crippen molar-refractivity contribution in [3.05, 3.63) is 35.4 Å². The molecule has 1 fully saturated rings. The van der Waals surface area contributed by atoms with Crippen LogP contribution >= 0.6 is 0 Å². The van der Waals surface area contributed by atoms with Crippen molar-refractivity contribution < 1.29 is 24.8 Å². The molecule has 3 N–H and O–H groups in total. The van der Waals surface area contributed by atoms with Gasteiger partial charge in [-0.3, -0.25) is 0 Å². The van der Waals surface area contributed by atoms with Gasteiger partial charge in [0.1, 0.15) is 12.2 Å². The molecule has 19 heavy (non-hydrogen) atoms. The first kappa shape index (κ1) is 13.0. The Morgan fingerprint density at radius 2 is 2.00 bits per heavy atom. The van der Waals surface area contributed by atoms with Crippen molar-refractivity contribution in [2.24, 2.45) is 0 Å². The number of fused-ring (bicyclic) bond motifs is 2. The first-order valence-corrected chi connectivity index (χ1v) is 6.50. The fraction of sp³-hybridized carbons (Fsp3) is 0.571. The lowest BCUT2D eigenvalue weighted by Crippen LogP contribution is -2.68. The summed E-state index contributed by atoms with van der Waals surface area (Å²) in [7, 11) is 0. The molecule has 5 nitrogen and oxygen atoms in total. The highest BCUT2D eigenvalue weighted by Gasteiger charge is 2.64. The number of benzene rings is 1. The van der Waals surface area contributed by atoms with Crippen LogP contribution in [0, 0.1) is 0 Å². The number of hydrogen-bond acceptors (Lipinski definition) is 5. The van der Waals surface area contributed by atoms with E-state index < -0.39 is 23.6 Å². The first-order chi connectivity index (χ1) is 9.05. The van der Waals surface area contributed by atoms with Gasteiger partial charge in [-0.2, -0.15) is 0 Å². The molecule has 1 spiro atoms. The molecule has 0 amide bonds. The summed E-state index contributed by atoms with van der Waals surface area (Å²) >= 11 is 0. The fourth-order valence-electron chi connectivity index (χ4n) is 3.08. The zero-order valence-corrected chi connectivity index (χ0v) is 10.7. The molecule has 1 saturated heterocycles. The van der Waals surface area contributed by atoms with Crippen LogP contribution in [0.4, 0.5) is 0 Å². The van der Waals surface area contributed by atoms with Crippen LogP contribution in [0.2, 0.25) is 0 Å². The maximum absolute atomic E-state index is 10.9. The summed E-state index contributed by atoms with van der Waals surface area (Å²) in [4.78, 5) is 0. The van der Waals surface area contributed by atoms with Crippen LogP contribution < -0.4 is 0 Å². The largest absolute Gasteiger partial charge is 0.388 e. The molecule has 0 bridgehead atoms. The van der Waals surface area contributed by atoms with Crippen LogP contribution in [0.25, 0.3) is 0 Å². The van der Waals surface area contributed by atoms with Crippen LogP contribution in [-0.4, -0.2) is 39.7 Å². The van der Waals surface area contributed by atoms with E-state index in [1.54, 1.807) is 6.92 Å². The van der Waals surface area contributed by atoms with Crippen molar-refractivity contribution in [2.45, 2.75) is 43.5 Å². The van der Waals surface area contributed by atoms with Gasteiger partial charge in [0.25, 0.3) is 0 Å². The Morgan fingerprint density at radius 3 is 2.74 bits per heavy atom. The van der Waals surface area contributed by atoms with Gasteiger partial charge >= 0.3 is 0 Å². The van der Waals surface area contributed by atoms with Gasteiger partial charge in [-0.15, -0.1) is 0 Å². The zero-order valence-electron chi connectivity index (χ0n) is 10.7. The molecule has 0 saturated carbocycles. The molecule has 5 heteroatoms. The molecule has 1 aromatic rings. The SMILES string of the molecule is CCC1(O)C(O)C(O)COC12OCc1ccccc12. The Hall–Kier alpha value is -0.980. The van der Waals surface area contributed by atoms with Gasteiger partial charge in [0, 0.05) is 5.56 Å². The Kier molecular flexibility index (Phi) is 2.92. The molecule has 104 valence electrons. The molecule has 0 aliphatic carbocycles. The van der Waals surface area contributed by atoms with E-state index >= 15 is 0 Å². The average Bonchev–Trinajstić information content (AvgIpc) is 2.82. The summed E-state index contributed by atoms with van der Waals surface area (Å²) < 4.78 is 11.4. The average molecular weight is 266 g/mol. The lowest BCUT2D eigenvalue weighted by atomic mass is 9.76. The van der Waals surface area contributed by atoms with Crippen molar-refractivity contribution in [1.29, 1.82) is 0 Å². The maximum atomic E-state index is 10.9. The molecule has 3 rings (SSSR count). The Bertz CT molecular complexity index is 490. The Balaban J connectivity index is 2.14. The van der Waals surface area contributed by atoms with E-state index in [1.165, 1.54) is 0 Å². The topological polar surface area (TPSA) is 79.2 Å². The Labute approximate surface area is 111 Å². The normalized spacial score (nSPS) is 41.5. The monoisotopic (exact) mass is 266 g/mol. The second-order valence-electron chi connectivity index (χ2n) is 5.16. The fourth-order valence-corrected chi connectivity index (χ4v) is 3.08. The summed E-state index contributed by atoms with van der Waals surface area (Å²) in [6.45, 7) is 1.98. The van der Waals surface area contributed by atoms with Crippen LogP contribution in [-0.2, 0) is 21.9 Å². The molecular weight excluding hydrogens is 248 g/mol. The summed E-state index contributed by atoms with van der Waals surface area (Å²) in [5, 5.41) is 30.8. The predicted molar refractivity (Wildman–Crippen MR) is 66.1 cm³/mol. The lowest BCUT2D eigenvalue weighted by Gasteiger charge is -2.51. The van der Waals surface area contributed by atoms with E-state index in [0.717, 1.165) is 11.1 Å². The van der Waals surface area contributed by atoms with Gasteiger partial charge in [0.15, 0.2) is 5.60 Å². The molecule has 1 aromatic carbocycles. The smallest absolute Gasteiger partial charge is 0.228 e. The van der Waals surface area contributed by atoms with Crippen LogP contribution in [0.5, 0.6) is 0 Å². The molecule has 4 unspecified atom stereocenters. The number of ether oxygens (including phenoxy) is 2. The summed E-state index contributed by atoms with van der Waals surface area (Å²) in [6.07, 6.45) is -2.22. The Morgan fingerprint density at radius 1 is 1.26 bits per heavy atom. The minimum absolute atomic E-state index is 0.0716. The van der Waals surface area contributed by atoms with Gasteiger partial charge in [0.05, 0.1) is 13.2 Å². The number of aliphatic hydroxyl groups excluding tert-OH is 2. The van der Waals surface area contributed by atoms with Crippen LogP contribution in [0.1, 0.15) is 24.5 Å². The third-order valence-electron chi connectivity index (χ3n) is 4.22. The van der Waals surface area contributed by atoms with Crippen molar-refractivity contribution in [3.63, 3.8) is 0 Å². The van der Waals surface area contributed by atoms with E-state index in [1.807, 2.05) is 24.3 Å². The summed E-state index contributed by atoms with van der Waals surface area (Å²) in [5.74, 6) is -1.39. The molecule has 2 aliphatic heterocycles. The van der Waals surface area contributed by atoms with Gasteiger partial charge in [0.2, 0.25) is 5.79 Å². The van der Waals surface area contributed by atoms with Crippen LogP contribution in [0.15, 0.2) is 24.3 Å². The highest BCUT2D eigenvalue weighted by Crippen LogP contribution is 2.50. The highest BCUT2D eigenvalue weighted by molar-refractivity contribution is 5.37. The van der Waals surface area contributed by atoms with Crippen molar-refractivity contribution in [1.82, 2.24) is 0 Å². The highest BCUT2D eigenvalue weighted by atomic mass is 16.7. The first-order valence-electron chi connectivity index (χ1n) is 6.50. The van der Waals surface area contributed by atoms with Gasteiger partial charge in [-0.25, -0.2) is 0 Å². The molecular formula is C14H18O5. The minimum Gasteiger partial charge on any atom is -0.388 e. The van der Waals surface area contributed by atoms with E-state index in [-0.39, 0.29) is 13.0 Å².